The van der Waals surface area contributed by atoms with Crippen LogP contribution in [0.3, 0.4) is 0 Å². The number of aromatic nitrogens is 2. The van der Waals surface area contributed by atoms with Crippen LogP contribution in [0.4, 0.5) is 0 Å². The molecule has 5 rings (SSSR count). The lowest BCUT2D eigenvalue weighted by atomic mass is 9.81. The van der Waals surface area contributed by atoms with Gasteiger partial charge in [0.15, 0.2) is 11.5 Å². The molecule has 0 atom stereocenters. The number of aliphatic imine (C=N–C) groups is 1. The Kier molecular flexibility index (Phi) is 4.92. The molecule has 0 unspecified atom stereocenters. The molecule has 0 amide bonds. The molecule has 33 heavy (non-hydrogen) atoms. The molecule has 0 radical (unpaired) electrons. The third-order valence-corrected chi connectivity index (χ3v) is 6.22. The van der Waals surface area contributed by atoms with Gasteiger partial charge in [-0.2, -0.15) is 0 Å². The maximum atomic E-state index is 12.6. The maximum Gasteiger partial charge on any atom is 0.250 e. The molecule has 6 nitrogen and oxygen atoms in total. The van der Waals surface area contributed by atoms with E-state index in [1.54, 1.807) is 23.9 Å². The predicted molar refractivity (Wildman–Crippen MR) is 129 cm³/mol. The number of benzene rings is 1. The van der Waals surface area contributed by atoms with Gasteiger partial charge in [-0.25, -0.2) is 0 Å². The Morgan fingerprint density at radius 1 is 1.12 bits per heavy atom. The Morgan fingerprint density at radius 3 is 2.67 bits per heavy atom. The van der Waals surface area contributed by atoms with E-state index in [0.29, 0.717) is 6.54 Å². The van der Waals surface area contributed by atoms with Crippen molar-refractivity contribution in [2.24, 2.45) is 4.99 Å². The third kappa shape index (κ3) is 3.94. The summed E-state index contributed by atoms with van der Waals surface area (Å²) in [5, 5.41) is 0. The molecular weight excluding hydrogens is 414 g/mol. The highest BCUT2D eigenvalue weighted by molar-refractivity contribution is 6.16. The second kappa shape index (κ2) is 7.58. The molecule has 0 aliphatic carbocycles. The number of hydrogen-bond donors (Lipinski definition) is 0. The SMILES string of the molecule is COc1cc2c(c3c1OC(C)(C)C3)C(c1ccc(=O)n(Cc3ccccn3)c1)=NC(C)(C)C2. The number of nitrogens with zero attached hydrogens (tertiary/aromatic N) is 3. The third-order valence-electron chi connectivity index (χ3n) is 6.22. The first-order valence-corrected chi connectivity index (χ1v) is 11.3. The van der Waals surface area contributed by atoms with E-state index in [2.05, 4.69) is 38.7 Å². The average molecular weight is 444 g/mol. The number of rotatable bonds is 4. The summed E-state index contributed by atoms with van der Waals surface area (Å²) in [5.41, 5.74) is 5.43. The molecule has 0 bridgehead atoms. The summed E-state index contributed by atoms with van der Waals surface area (Å²) >= 11 is 0. The van der Waals surface area contributed by atoms with Gasteiger partial charge in [-0.15, -0.1) is 0 Å². The molecule has 4 heterocycles. The van der Waals surface area contributed by atoms with Crippen LogP contribution in [0.5, 0.6) is 11.5 Å². The highest BCUT2D eigenvalue weighted by Crippen LogP contribution is 2.47. The minimum atomic E-state index is -0.319. The number of ether oxygens (including phenoxy) is 2. The van der Waals surface area contributed by atoms with Crippen LogP contribution in [0.2, 0.25) is 0 Å². The second-order valence-electron chi connectivity index (χ2n) is 10.1. The van der Waals surface area contributed by atoms with E-state index in [-0.39, 0.29) is 16.7 Å². The van der Waals surface area contributed by atoms with E-state index >= 15 is 0 Å². The number of fused-ring (bicyclic) bond motifs is 3. The lowest BCUT2D eigenvalue weighted by Crippen LogP contribution is -2.31. The summed E-state index contributed by atoms with van der Waals surface area (Å²) in [6, 6.07) is 11.3. The van der Waals surface area contributed by atoms with Crippen LogP contribution in [0.25, 0.3) is 0 Å². The van der Waals surface area contributed by atoms with Crippen molar-refractivity contribution in [1.82, 2.24) is 9.55 Å². The van der Waals surface area contributed by atoms with Crippen molar-refractivity contribution >= 4 is 5.71 Å². The molecule has 0 spiro atoms. The summed E-state index contributed by atoms with van der Waals surface area (Å²) in [6.45, 7) is 8.87. The van der Waals surface area contributed by atoms with Crippen LogP contribution in [-0.4, -0.2) is 33.5 Å². The normalized spacial score (nSPS) is 17.5. The molecule has 6 heteroatoms. The zero-order valence-corrected chi connectivity index (χ0v) is 19.8. The van der Waals surface area contributed by atoms with Crippen LogP contribution in [0.1, 0.15) is 55.6 Å². The highest BCUT2D eigenvalue weighted by Gasteiger charge is 2.39. The monoisotopic (exact) mass is 443 g/mol. The lowest BCUT2D eigenvalue weighted by Gasteiger charge is -2.31. The molecule has 2 aromatic heterocycles. The summed E-state index contributed by atoms with van der Waals surface area (Å²) in [7, 11) is 1.69. The van der Waals surface area contributed by atoms with Crippen LogP contribution < -0.4 is 15.0 Å². The molecule has 2 aliphatic rings. The number of methoxy groups -OCH3 is 1. The second-order valence-corrected chi connectivity index (χ2v) is 10.1. The van der Waals surface area contributed by atoms with E-state index in [9.17, 15) is 4.79 Å². The zero-order valence-electron chi connectivity index (χ0n) is 19.8. The smallest absolute Gasteiger partial charge is 0.250 e. The fraction of sp³-hybridized carbons (Fsp3) is 0.370. The van der Waals surface area contributed by atoms with Crippen molar-refractivity contribution in [2.45, 2.75) is 58.2 Å². The predicted octanol–water partition coefficient (Wildman–Crippen LogP) is 4.19. The fourth-order valence-electron chi connectivity index (χ4n) is 4.89. The highest BCUT2D eigenvalue weighted by atomic mass is 16.5. The minimum Gasteiger partial charge on any atom is -0.493 e. The van der Waals surface area contributed by atoms with Gasteiger partial charge in [-0.3, -0.25) is 14.8 Å². The molecule has 170 valence electrons. The summed E-state index contributed by atoms with van der Waals surface area (Å²) < 4.78 is 13.7. The molecule has 1 aromatic carbocycles. The van der Waals surface area contributed by atoms with E-state index in [4.69, 9.17) is 14.5 Å². The zero-order chi connectivity index (χ0) is 23.4. The van der Waals surface area contributed by atoms with Gasteiger partial charge in [0.2, 0.25) is 0 Å². The van der Waals surface area contributed by atoms with Crippen molar-refractivity contribution in [3.63, 3.8) is 0 Å². The molecular formula is C27H29N3O3. The van der Waals surface area contributed by atoms with Crippen LogP contribution in [0.15, 0.2) is 58.6 Å². The van der Waals surface area contributed by atoms with E-state index < -0.39 is 0 Å². The Hall–Kier alpha value is -3.41. The van der Waals surface area contributed by atoms with Gasteiger partial charge >= 0.3 is 0 Å². The van der Waals surface area contributed by atoms with Crippen molar-refractivity contribution in [3.05, 3.63) is 87.1 Å². The standard InChI is InChI=1S/C27H29N3O3/c1-26(2)13-18-12-21(32-5)25-20(14-27(3,4)33-25)23(18)24(29-26)17-9-10-22(31)30(15-17)16-19-8-6-7-11-28-19/h6-12,15H,13-14,16H2,1-5H3. The van der Waals surface area contributed by atoms with Gasteiger partial charge in [0.1, 0.15) is 5.60 Å². The van der Waals surface area contributed by atoms with Crippen molar-refractivity contribution < 1.29 is 9.47 Å². The minimum absolute atomic E-state index is 0.0651. The van der Waals surface area contributed by atoms with Gasteiger partial charge in [0.05, 0.1) is 30.6 Å². The number of hydrogen-bond acceptors (Lipinski definition) is 5. The van der Waals surface area contributed by atoms with Gasteiger partial charge in [0, 0.05) is 41.6 Å². The fourth-order valence-corrected chi connectivity index (χ4v) is 4.89. The molecule has 0 N–H and O–H groups in total. The Balaban J connectivity index is 1.68. The molecule has 3 aromatic rings. The largest absolute Gasteiger partial charge is 0.493 e. The van der Waals surface area contributed by atoms with Gasteiger partial charge in [-0.1, -0.05) is 6.07 Å². The average Bonchev–Trinajstić information content (AvgIpc) is 3.09. The summed E-state index contributed by atoms with van der Waals surface area (Å²) in [6.07, 6.45) is 5.23. The maximum absolute atomic E-state index is 12.6. The Bertz CT molecular complexity index is 1320. The quantitative estimate of drug-likeness (QED) is 0.607. The van der Waals surface area contributed by atoms with Crippen LogP contribution in [0, 0.1) is 0 Å². The first-order chi connectivity index (χ1) is 15.7. The van der Waals surface area contributed by atoms with E-state index in [1.165, 1.54) is 5.56 Å². The molecule has 0 fully saturated rings. The summed E-state index contributed by atoms with van der Waals surface area (Å²) in [4.78, 5) is 22.2. The molecule has 0 saturated heterocycles. The van der Waals surface area contributed by atoms with Crippen LogP contribution in [-0.2, 0) is 19.4 Å². The van der Waals surface area contributed by atoms with Crippen LogP contribution >= 0.6 is 0 Å². The topological polar surface area (TPSA) is 65.7 Å². The summed E-state index contributed by atoms with van der Waals surface area (Å²) in [5.74, 6) is 1.57. The first-order valence-electron chi connectivity index (χ1n) is 11.3. The lowest BCUT2D eigenvalue weighted by molar-refractivity contribution is 0.134. The van der Waals surface area contributed by atoms with Gasteiger partial charge < -0.3 is 14.0 Å². The Morgan fingerprint density at radius 2 is 1.94 bits per heavy atom. The van der Waals surface area contributed by atoms with Crippen molar-refractivity contribution in [1.29, 1.82) is 0 Å². The number of pyridine rings is 2. The van der Waals surface area contributed by atoms with E-state index in [0.717, 1.165) is 52.4 Å². The van der Waals surface area contributed by atoms with Crippen molar-refractivity contribution in [2.75, 3.05) is 7.11 Å². The van der Waals surface area contributed by atoms with Gasteiger partial charge in [-0.05, 0) is 63.9 Å². The first kappa shape index (κ1) is 21.4. The molecule has 2 aliphatic heterocycles. The molecule has 0 saturated carbocycles. The van der Waals surface area contributed by atoms with Gasteiger partial charge in [0.25, 0.3) is 5.56 Å². The Labute approximate surface area is 193 Å². The van der Waals surface area contributed by atoms with Crippen molar-refractivity contribution in [3.8, 4) is 11.5 Å². The van der Waals surface area contributed by atoms with E-state index in [1.807, 2.05) is 30.5 Å².